The van der Waals surface area contributed by atoms with E-state index in [2.05, 4.69) is 39.0 Å². The first kappa shape index (κ1) is 24.6. The van der Waals surface area contributed by atoms with Gasteiger partial charge in [0.2, 0.25) is 0 Å². The second-order valence-electron chi connectivity index (χ2n) is 10.1. The number of nitrogens with zero attached hydrogens (tertiary/aromatic N) is 3. The summed E-state index contributed by atoms with van der Waals surface area (Å²) in [7, 11) is 0. The van der Waals surface area contributed by atoms with E-state index in [0.717, 1.165) is 67.9 Å². The number of benzene rings is 3. The van der Waals surface area contributed by atoms with E-state index in [4.69, 9.17) is 0 Å². The van der Waals surface area contributed by atoms with Crippen LogP contribution in [-0.4, -0.2) is 54.6 Å². The molecule has 1 amide bonds. The molecule has 0 radical (unpaired) electrons. The van der Waals surface area contributed by atoms with Gasteiger partial charge >= 0.3 is 6.18 Å². The summed E-state index contributed by atoms with van der Waals surface area (Å²) in [5.74, 6) is -0.383. The van der Waals surface area contributed by atoms with Gasteiger partial charge in [0.05, 0.1) is 11.6 Å². The maximum atomic E-state index is 13.8. The van der Waals surface area contributed by atoms with Crippen LogP contribution in [0.2, 0.25) is 0 Å². The molecule has 2 aliphatic rings. The quantitative estimate of drug-likeness (QED) is 0.362. The summed E-state index contributed by atoms with van der Waals surface area (Å²) in [5, 5.41) is 1.21. The number of hydrogen-bond acceptors (Lipinski definition) is 3. The van der Waals surface area contributed by atoms with Crippen LogP contribution in [0.15, 0.2) is 79.0 Å². The number of carbonyl (C=O) groups is 1. The number of aryl methyl sites for hydroxylation is 1. The predicted molar refractivity (Wildman–Crippen MR) is 144 cm³/mol. The van der Waals surface area contributed by atoms with Crippen LogP contribution in [0.5, 0.6) is 0 Å². The van der Waals surface area contributed by atoms with E-state index in [0.29, 0.717) is 6.54 Å². The summed E-state index contributed by atoms with van der Waals surface area (Å²) < 4.78 is 40.1. The van der Waals surface area contributed by atoms with Crippen LogP contribution in [0.4, 0.5) is 24.5 Å². The number of para-hydroxylation sites is 1. The van der Waals surface area contributed by atoms with E-state index in [9.17, 15) is 18.0 Å². The molecular formula is C30H29F3N4O. The third-order valence-electron chi connectivity index (χ3n) is 7.77. The van der Waals surface area contributed by atoms with Crippen LogP contribution in [0.25, 0.3) is 10.9 Å². The molecule has 0 aliphatic carbocycles. The number of amides is 1. The monoisotopic (exact) mass is 518 g/mol. The van der Waals surface area contributed by atoms with Gasteiger partial charge in [-0.05, 0) is 60.9 Å². The number of halogens is 3. The van der Waals surface area contributed by atoms with Crippen molar-refractivity contribution in [3.05, 3.63) is 95.7 Å². The Morgan fingerprint density at radius 3 is 2.47 bits per heavy atom. The highest BCUT2D eigenvalue weighted by Crippen LogP contribution is 2.35. The van der Waals surface area contributed by atoms with Crippen molar-refractivity contribution in [1.29, 1.82) is 0 Å². The highest BCUT2D eigenvalue weighted by Gasteiger charge is 2.35. The van der Waals surface area contributed by atoms with Crippen LogP contribution in [0.3, 0.4) is 0 Å². The molecule has 1 unspecified atom stereocenters. The van der Waals surface area contributed by atoms with Crippen molar-refractivity contribution in [2.45, 2.75) is 25.1 Å². The molecule has 6 rings (SSSR count). The number of carbonyl (C=O) groups excluding carboxylic acids is 1. The zero-order valence-corrected chi connectivity index (χ0v) is 20.9. The van der Waals surface area contributed by atoms with Crippen LogP contribution >= 0.6 is 0 Å². The molecule has 4 aromatic rings. The molecule has 1 saturated heterocycles. The van der Waals surface area contributed by atoms with Gasteiger partial charge in [0.1, 0.15) is 0 Å². The van der Waals surface area contributed by atoms with Gasteiger partial charge in [-0.1, -0.05) is 30.3 Å². The molecular weight excluding hydrogens is 489 g/mol. The molecule has 1 aromatic heterocycles. The van der Waals surface area contributed by atoms with Crippen molar-refractivity contribution in [2.24, 2.45) is 0 Å². The Hall–Kier alpha value is -3.78. The lowest BCUT2D eigenvalue weighted by Crippen LogP contribution is -2.54. The van der Waals surface area contributed by atoms with Gasteiger partial charge in [0.15, 0.2) is 0 Å². The van der Waals surface area contributed by atoms with Gasteiger partial charge in [-0.25, -0.2) is 0 Å². The minimum Gasteiger partial charge on any atom is -0.368 e. The molecule has 0 bridgehead atoms. The van der Waals surface area contributed by atoms with E-state index in [1.165, 1.54) is 23.2 Å². The Kier molecular flexibility index (Phi) is 6.35. The third kappa shape index (κ3) is 4.65. The van der Waals surface area contributed by atoms with Crippen LogP contribution in [0.1, 0.15) is 27.9 Å². The Labute approximate surface area is 219 Å². The lowest BCUT2D eigenvalue weighted by Gasteiger charge is -2.42. The number of aromatic amines is 1. The SMILES string of the molecule is O=C(c1cccc(C(F)(F)F)c1)N1c2ccccc2CCC1CN1CCN(c2cccc3[nH]ccc23)CC1. The molecule has 0 spiro atoms. The first-order valence-corrected chi connectivity index (χ1v) is 13.0. The summed E-state index contributed by atoms with van der Waals surface area (Å²) >= 11 is 0. The van der Waals surface area contributed by atoms with Crippen molar-refractivity contribution in [3.8, 4) is 0 Å². The molecule has 3 aromatic carbocycles. The average Bonchev–Trinajstić information content (AvgIpc) is 3.42. The maximum absolute atomic E-state index is 13.8. The normalized spacial score (nSPS) is 18.6. The Morgan fingerprint density at radius 2 is 1.66 bits per heavy atom. The van der Waals surface area contributed by atoms with Gasteiger partial charge in [-0.15, -0.1) is 0 Å². The number of rotatable bonds is 4. The molecule has 2 aliphatic heterocycles. The van der Waals surface area contributed by atoms with Crippen LogP contribution < -0.4 is 9.80 Å². The number of piperazine rings is 1. The maximum Gasteiger partial charge on any atom is 0.416 e. The van der Waals surface area contributed by atoms with E-state index >= 15 is 0 Å². The number of aromatic nitrogens is 1. The number of hydrogen-bond donors (Lipinski definition) is 1. The summed E-state index contributed by atoms with van der Waals surface area (Å²) in [4.78, 5) is 23.5. The van der Waals surface area contributed by atoms with E-state index in [1.807, 2.05) is 30.5 Å². The fraction of sp³-hybridized carbons (Fsp3) is 0.300. The van der Waals surface area contributed by atoms with Crippen molar-refractivity contribution < 1.29 is 18.0 Å². The smallest absolute Gasteiger partial charge is 0.368 e. The van der Waals surface area contributed by atoms with Crippen molar-refractivity contribution in [1.82, 2.24) is 9.88 Å². The first-order chi connectivity index (χ1) is 18.4. The third-order valence-corrected chi connectivity index (χ3v) is 7.77. The molecule has 8 heteroatoms. The number of nitrogens with one attached hydrogen (secondary N) is 1. The number of anilines is 2. The number of alkyl halides is 3. The first-order valence-electron chi connectivity index (χ1n) is 13.0. The zero-order valence-electron chi connectivity index (χ0n) is 20.9. The molecule has 0 saturated carbocycles. The zero-order chi connectivity index (χ0) is 26.3. The molecule has 1 fully saturated rings. The fourth-order valence-electron chi connectivity index (χ4n) is 5.83. The van der Waals surface area contributed by atoms with Crippen molar-refractivity contribution in [2.75, 3.05) is 42.5 Å². The summed E-state index contributed by atoms with van der Waals surface area (Å²) in [6.07, 6.45) is -0.936. The Morgan fingerprint density at radius 1 is 0.895 bits per heavy atom. The van der Waals surface area contributed by atoms with E-state index in [-0.39, 0.29) is 17.5 Å². The predicted octanol–water partition coefficient (Wildman–Crippen LogP) is 5.97. The summed E-state index contributed by atoms with van der Waals surface area (Å²) in [6.45, 7) is 4.13. The van der Waals surface area contributed by atoms with E-state index < -0.39 is 11.7 Å². The highest BCUT2D eigenvalue weighted by molar-refractivity contribution is 6.07. The lowest BCUT2D eigenvalue weighted by molar-refractivity contribution is -0.137. The summed E-state index contributed by atoms with van der Waals surface area (Å²) in [5.41, 5.74) is 3.44. The summed E-state index contributed by atoms with van der Waals surface area (Å²) in [6, 6.07) is 20.8. The Balaban J connectivity index is 1.22. The minimum absolute atomic E-state index is 0.0611. The minimum atomic E-state index is -4.50. The molecule has 38 heavy (non-hydrogen) atoms. The topological polar surface area (TPSA) is 42.6 Å². The lowest BCUT2D eigenvalue weighted by atomic mass is 9.94. The second kappa shape index (κ2) is 9.83. The molecule has 3 heterocycles. The fourth-order valence-corrected chi connectivity index (χ4v) is 5.83. The van der Waals surface area contributed by atoms with Crippen molar-refractivity contribution in [3.63, 3.8) is 0 Å². The van der Waals surface area contributed by atoms with Gasteiger partial charge in [0.25, 0.3) is 5.91 Å². The van der Waals surface area contributed by atoms with Crippen molar-refractivity contribution >= 4 is 28.2 Å². The highest BCUT2D eigenvalue weighted by atomic mass is 19.4. The van der Waals surface area contributed by atoms with Crippen LogP contribution in [0, 0.1) is 0 Å². The number of H-pyrrole nitrogens is 1. The standard InChI is InChI=1S/C30H29F3N4O/c31-30(32,33)23-7-3-6-22(19-23)29(38)37-24(12-11-21-5-1-2-9-27(21)37)20-35-15-17-36(18-16-35)28-10-4-8-26-25(28)13-14-34-26/h1-10,13-14,19,24,34H,11-12,15-18,20H2. The van der Waals surface area contributed by atoms with Gasteiger partial charge < -0.3 is 14.8 Å². The van der Waals surface area contributed by atoms with E-state index in [1.54, 1.807) is 4.90 Å². The van der Waals surface area contributed by atoms with Gasteiger partial charge in [0, 0.05) is 66.8 Å². The van der Waals surface area contributed by atoms with Gasteiger partial charge in [-0.2, -0.15) is 13.2 Å². The average molecular weight is 519 g/mol. The molecule has 196 valence electrons. The van der Waals surface area contributed by atoms with Gasteiger partial charge in [-0.3, -0.25) is 9.69 Å². The molecule has 1 N–H and O–H groups in total. The molecule has 1 atom stereocenters. The second-order valence-corrected chi connectivity index (χ2v) is 10.1. The largest absolute Gasteiger partial charge is 0.416 e. The van der Waals surface area contributed by atoms with Crippen LogP contribution in [-0.2, 0) is 12.6 Å². The Bertz CT molecular complexity index is 1460. The molecule has 5 nitrogen and oxygen atoms in total. The number of fused-ring (bicyclic) bond motifs is 2.